The normalized spacial score (nSPS) is 13.7. The van der Waals surface area contributed by atoms with Crippen LogP contribution in [0.5, 0.6) is 5.75 Å². The molecule has 0 heterocycles. The molecule has 9 N–H and O–H groups in total. The number of phenols is 1. The highest BCUT2D eigenvalue weighted by atomic mass is 32.2. The van der Waals surface area contributed by atoms with Crippen LogP contribution in [0.1, 0.15) is 31.4 Å². The molecule has 4 atom stereocenters. The summed E-state index contributed by atoms with van der Waals surface area (Å²) in [6.45, 7) is 3.02. The molecule has 0 bridgehead atoms. The topological polar surface area (TPSA) is 206 Å². The highest BCUT2D eigenvalue weighted by molar-refractivity contribution is 7.98. The fraction of sp³-hybridized carbons (Fsp3) is 0.433. The van der Waals surface area contributed by atoms with E-state index in [-0.39, 0.29) is 24.5 Å². The second-order valence-electron chi connectivity index (χ2n) is 10.5. The summed E-state index contributed by atoms with van der Waals surface area (Å²) in [7, 11) is 0. The van der Waals surface area contributed by atoms with E-state index in [0.29, 0.717) is 12.2 Å². The van der Waals surface area contributed by atoms with Gasteiger partial charge in [0.1, 0.15) is 23.9 Å². The fourth-order valence-corrected chi connectivity index (χ4v) is 4.62. The molecule has 2 aromatic rings. The molecule has 2 aromatic carbocycles. The molecular formula is C30H42N6O6S. The Balaban J connectivity index is 2.01. The molecule has 5 amide bonds. The van der Waals surface area contributed by atoms with Crippen LogP contribution < -0.4 is 32.7 Å². The molecule has 0 radical (unpaired) electrons. The number of rotatable bonds is 17. The van der Waals surface area contributed by atoms with Crippen molar-refractivity contribution >= 4 is 41.3 Å². The number of primary amides is 1. The maximum atomic E-state index is 13.1. The zero-order valence-electron chi connectivity index (χ0n) is 24.7. The molecule has 234 valence electrons. The lowest BCUT2D eigenvalue weighted by atomic mass is 10.0. The van der Waals surface area contributed by atoms with Gasteiger partial charge < -0.3 is 37.8 Å². The van der Waals surface area contributed by atoms with Gasteiger partial charge in [0, 0.05) is 6.42 Å². The van der Waals surface area contributed by atoms with Gasteiger partial charge in [0.2, 0.25) is 29.5 Å². The molecule has 0 spiro atoms. The van der Waals surface area contributed by atoms with Crippen LogP contribution in [0.3, 0.4) is 0 Å². The van der Waals surface area contributed by atoms with E-state index in [9.17, 15) is 29.1 Å². The van der Waals surface area contributed by atoms with Crippen molar-refractivity contribution in [1.29, 1.82) is 0 Å². The van der Waals surface area contributed by atoms with Gasteiger partial charge in [-0.1, -0.05) is 56.3 Å². The Morgan fingerprint density at radius 3 is 2.02 bits per heavy atom. The van der Waals surface area contributed by atoms with Crippen molar-refractivity contribution in [3.8, 4) is 5.75 Å². The quantitative estimate of drug-likeness (QED) is 0.128. The second kappa shape index (κ2) is 17.8. The molecule has 43 heavy (non-hydrogen) atoms. The van der Waals surface area contributed by atoms with Gasteiger partial charge >= 0.3 is 0 Å². The molecule has 13 heteroatoms. The first-order chi connectivity index (χ1) is 20.4. The van der Waals surface area contributed by atoms with E-state index < -0.39 is 60.2 Å². The monoisotopic (exact) mass is 614 g/mol. The van der Waals surface area contributed by atoms with E-state index in [1.807, 2.05) is 12.3 Å². The van der Waals surface area contributed by atoms with Crippen molar-refractivity contribution in [3.05, 3.63) is 65.7 Å². The fourth-order valence-electron chi connectivity index (χ4n) is 4.15. The van der Waals surface area contributed by atoms with E-state index in [1.165, 1.54) is 23.9 Å². The van der Waals surface area contributed by atoms with Gasteiger partial charge in [-0.05, 0) is 54.0 Å². The lowest BCUT2D eigenvalue weighted by Gasteiger charge is -2.24. The van der Waals surface area contributed by atoms with E-state index in [4.69, 9.17) is 11.5 Å². The zero-order chi connectivity index (χ0) is 31.9. The predicted molar refractivity (Wildman–Crippen MR) is 166 cm³/mol. The van der Waals surface area contributed by atoms with Crippen LogP contribution in [-0.2, 0) is 36.8 Å². The van der Waals surface area contributed by atoms with Crippen LogP contribution in [0.2, 0.25) is 0 Å². The number of phenolic OH excluding ortho intramolecular Hbond substituents is 1. The summed E-state index contributed by atoms with van der Waals surface area (Å²) in [4.78, 5) is 63.6. The van der Waals surface area contributed by atoms with Crippen molar-refractivity contribution in [2.24, 2.45) is 17.4 Å². The average Bonchev–Trinajstić information content (AvgIpc) is 2.97. The summed E-state index contributed by atoms with van der Waals surface area (Å²) in [6, 6.07) is 11.5. The molecule has 0 fully saturated rings. The number of nitrogens with two attached hydrogens (primary N) is 2. The van der Waals surface area contributed by atoms with Gasteiger partial charge in [-0.2, -0.15) is 11.8 Å². The van der Waals surface area contributed by atoms with Gasteiger partial charge in [0.15, 0.2) is 0 Å². The van der Waals surface area contributed by atoms with E-state index in [0.717, 1.165) is 11.1 Å². The Morgan fingerprint density at radius 2 is 1.44 bits per heavy atom. The van der Waals surface area contributed by atoms with Crippen LogP contribution in [-0.4, -0.2) is 77.4 Å². The SMILES string of the molecule is CSCC[C@@H](NC(=O)[C@@H](Cc1ccccc1)NC(=O)CNC(=O)[C@@H](NC(=O)[C@@H](N)Cc1ccc(O)cc1)C(C)C)C(N)=O. The van der Waals surface area contributed by atoms with Crippen molar-refractivity contribution in [2.75, 3.05) is 18.6 Å². The van der Waals surface area contributed by atoms with E-state index >= 15 is 0 Å². The molecule has 0 aliphatic heterocycles. The van der Waals surface area contributed by atoms with Gasteiger partial charge in [-0.25, -0.2) is 0 Å². The zero-order valence-corrected chi connectivity index (χ0v) is 25.5. The first-order valence-electron chi connectivity index (χ1n) is 13.9. The van der Waals surface area contributed by atoms with Gasteiger partial charge in [-0.15, -0.1) is 0 Å². The Bertz CT molecular complexity index is 1230. The number of carbonyl (C=O) groups is 5. The Kier molecular flexibility index (Phi) is 14.5. The Hall–Kier alpha value is -4.10. The maximum absolute atomic E-state index is 13.1. The smallest absolute Gasteiger partial charge is 0.243 e. The van der Waals surface area contributed by atoms with Crippen molar-refractivity contribution in [3.63, 3.8) is 0 Å². The minimum atomic E-state index is -1.04. The third-order valence-electron chi connectivity index (χ3n) is 6.60. The number of nitrogens with one attached hydrogen (secondary N) is 4. The maximum Gasteiger partial charge on any atom is 0.243 e. The average molecular weight is 615 g/mol. The highest BCUT2D eigenvalue weighted by Crippen LogP contribution is 2.11. The van der Waals surface area contributed by atoms with Crippen molar-refractivity contribution in [2.45, 2.75) is 57.3 Å². The minimum Gasteiger partial charge on any atom is -0.508 e. The molecule has 0 saturated carbocycles. The summed E-state index contributed by atoms with van der Waals surface area (Å²) in [6.07, 6.45) is 2.54. The number of benzene rings is 2. The number of hydrogen-bond donors (Lipinski definition) is 7. The third-order valence-corrected chi connectivity index (χ3v) is 7.25. The third kappa shape index (κ3) is 12.3. The van der Waals surface area contributed by atoms with Crippen LogP contribution in [0.15, 0.2) is 54.6 Å². The van der Waals surface area contributed by atoms with Crippen LogP contribution in [0, 0.1) is 5.92 Å². The van der Waals surface area contributed by atoms with Crippen LogP contribution >= 0.6 is 11.8 Å². The number of carbonyl (C=O) groups excluding carboxylic acids is 5. The number of aromatic hydroxyl groups is 1. The summed E-state index contributed by atoms with van der Waals surface area (Å²) >= 11 is 1.50. The predicted octanol–water partition coefficient (Wildman–Crippen LogP) is -0.0303. The largest absolute Gasteiger partial charge is 0.508 e. The lowest BCUT2D eigenvalue weighted by molar-refractivity contribution is -0.133. The molecule has 0 aliphatic carbocycles. The highest BCUT2D eigenvalue weighted by Gasteiger charge is 2.29. The first-order valence-corrected chi connectivity index (χ1v) is 15.3. The number of amides is 5. The summed E-state index contributed by atoms with van der Waals surface area (Å²) in [5.41, 5.74) is 13.0. The molecule has 0 unspecified atom stereocenters. The van der Waals surface area contributed by atoms with Crippen molar-refractivity contribution < 1.29 is 29.1 Å². The molecule has 0 saturated heterocycles. The number of thioether (sulfide) groups is 1. The summed E-state index contributed by atoms with van der Waals surface area (Å²) in [5.74, 6) is -2.66. The lowest BCUT2D eigenvalue weighted by Crippen LogP contribution is -2.57. The Morgan fingerprint density at radius 1 is 0.814 bits per heavy atom. The van der Waals surface area contributed by atoms with Gasteiger partial charge in [0.25, 0.3) is 0 Å². The van der Waals surface area contributed by atoms with Gasteiger partial charge in [0.05, 0.1) is 12.6 Å². The molecule has 2 rings (SSSR count). The number of hydrogen-bond acceptors (Lipinski definition) is 8. The van der Waals surface area contributed by atoms with Crippen LogP contribution in [0.25, 0.3) is 0 Å². The minimum absolute atomic E-state index is 0.0929. The molecular weight excluding hydrogens is 572 g/mol. The molecule has 0 aromatic heterocycles. The molecule has 12 nitrogen and oxygen atoms in total. The second-order valence-corrected chi connectivity index (χ2v) is 11.5. The summed E-state index contributed by atoms with van der Waals surface area (Å²) < 4.78 is 0. The summed E-state index contributed by atoms with van der Waals surface area (Å²) in [5, 5.41) is 19.9. The first kappa shape index (κ1) is 35.1. The van der Waals surface area contributed by atoms with Gasteiger partial charge in [-0.3, -0.25) is 24.0 Å². The molecule has 0 aliphatic rings. The van der Waals surface area contributed by atoms with Crippen molar-refractivity contribution in [1.82, 2.24) is 21.3 Å². The standard InChI is InChI=1S/C30H42N6O6S/c1-18(2)26(36-28(40)22(31)15-20-9-11-21(37)12-10-20)30(42)33-17-25(38)34-24(16-19-7-5-4-6-8-19)29(41)35-23(27(32)39)13-14-43-3/h4-12,18,22-24,26,37H,13-17,31H2,1-3H3,(H2,32,39)(H,33,42)(H,34,38)(H,35,41)(H,36,40)/t22-,23+,24+,26-/m0/s1. The van der Waals surface area contributed by atoms with E-state index in [2.05, 4.69) is 21.3 Å². The van der Waals surface area contributed by atoms with E-state index in [1.54, 1.807) is 50.2 Å². The van der Waals surface area contributed by atoms with Crippen LogP contribution in [0.4, 0.5) is 0 Å². The Labute approximate surface area is 256 Å².